The molecule has 0 aliphatic heterocycles. The first kappa shape index (κ1) is 14.3. The molecule has 106 valence electrons. The lowest BCUT2D eigenvalue weighted by atomic mass is 10.2. The molecule has 2 aromatic rings. The van der Waals surface area contributed by atoms with Gasteiger partial charge >= 0.3 is 0 Å². The molecule has 0 saturated heterocycles. The quantitative estimate of drug-likeness (QED) is 0.617. The fourth-order valence-corrected chi connectivity index (χ4v) is 1.86. The molecule has 2 aromatic carbocycles. The summed E-state index contributed by atoms with van der Waals surface area (Å²) in [7, 11) is 0. The molecule has 0 aliphatic carbocycles. The van der Waals surface area contributed by atoms with E-state index in [1.165, 1.54) is 5.56 Å². The highest BCUT2D eigenvalue weighted by molar-refractivity contribution is 5.51. The Balaban J connectivity index is 1.67. The number of anilines is 1. The molecule has 0 atom stereocenters. The van der Waals surface area contributed by atoms with Gasteiger partial charge in [0, 0.05) is 6.42 Å². The van der Waals surface area contributed by atoms with E-state index in [1.54, 1.807) is 0 Å². The monoisotopic (exact) mass is 271 g/mol. The molecule has 0 radical (unpaired) electrons. The molecule has 3 heteroatoms. The highest BCUT2D eigenvalue weighted by atomic mass is 16.5. The van der Waals surface area contributed by atoms with Crippen molar-refractivity contribution in [2.45, 2.75) is 19.8 Å². The summed E-state index contributed by atoms with van der Waals surface area (Å²) in [4.78, 5) is 0. The average Bonchev–Trinajstić information content (AvgIpc) is 2.49. The Labute approximate surface area is 120 Å². The van der Waals surface area contributed by atoms with Crippen molar-refractivity contribution in [2.75, 3.05) is 18.9 Å². The molecule has 0 heterocycles. The Kier molecular flexibility index (Phi) is 5.30. The topological polar surface area (TPSA) is 44.5 Å². The normalized spacial score (nSPS) is 10.2. The van der Waals surface area contributed by atoms with Gasteiger partial charge in [0.2, 0.25) is 0 Å². The Morgan fingerprint density at radius 1 is 0.900 bits per heavy atom. The molecule has 3 nitrogen and oxygen atoms in total. The van der Waals surface area contributed by atoms with Gasteiger partial charge in [0.1, 0.15) is 11.5 Å². The van der Waals surface area contributed by atoms with Crippen LogP contribution in [0, 0.1) is 0 Å². The van der Waals surface area contributed by atoms with Crippen molar-refractivity contribution in [3.05, 3.63) is 54.1 Å². The second kappa shape index (κ2) is 7.43. The van der Waals surface area contributed by atoms with Gasteiger partial charge in [0.05, 0.1) is 18.9 Å². The number of ether oxygens (including phenoxy) is 2. The number of hydrogen-bond donors (Lipinski definition) is 1. The van der Waals surface area contributed by atoms with Gasteiger partial charge in [-0.1, -0.05) is 31.2 Å². The summed E-state index contributed by atoms with van der Waals surface area (Å²) in [5, 5.41) is 0. The van der Waals surface area contributed by atoms with Crippen molar-refractivity contribution >= 4 is 5.69 Å². The Morgan fingerprint density at radius 2 is 1.60 bits per heavy atom. The van der Waals surface area contributed by atoms with Gasteiger partial charge in [0.15, 0.2) is 0 Å². The van der Waals surface area contributed by atoms with Crippen molar-refractivity contribution in [3.8, 4) is 11.5 Å². The minimum atomic E-state index is 0.598. The first-order valence-electron chi connectivity index (χ1n) is 6.98. The lowest BCUT2D eigenvalue weighted by Gasteiger charge is -2.09. The number of para-hydroxylation sites is 2. The van der Waals surface area contributed by atoms with E-state index < -0.39 is 0 Å². The van der Waals surface area contributed by atoms with Crippen molar-refractivity contribution in [2.24, 2.45) is 0 Å². The van der Waals surface area contributed by atoms with Gasteiger partial charge in [-0.05, 0) is 36.2 Å². The van der Waals surface area contributed by atoms with Gasteiger partial charge in [-0.25, -0.2) is 0 Å². The smallest absolute Gasteiger partial charge is 0.142 e. The summed E-state index contributed by atoms with van der Waals surface area (Å²) in [6.07, 6.45) is 1.87. The molecule has 0 unspecified atom stereocenters. The molecule has 0 bridgehead atoms. The van der Waals surface area contributed by atoms with Crippen LogP contribution in [0.5, 0.6) is 11.5 Å². The standard InChI is InChI=1S/C17H21NO2/c1-2-14-8-10-15(11-9-14)19-12-5-13-20-17-7-4-3-6-16(17)18/h3-4,6-11H,2,5,12-13,18H2,1H3. The zero-order valence-electron chi connectivity index (χ0n) is 11.8. The summed E-state index contributed by atoms with van der Waals surface area (Å²) < 4.78 is 11.3. The van der Waals surface area contributed by atoms with Crippen LogP contribution in [0.3, 0.4) is 0 Å². The Bertz CT molecular complexity index is 523. The molecule has 20 heavy (non-hydrogen) atoms. The van der Waals surface area contributed by atoms with E-state index in [4.69, 9.17) is 15.2 Å². The predicted molar refractivity (Wildman–Crippen MR) is 82.3 cm³/mol. The molecular formula is C17H21NO2. The second-order valence-corrected chi connectivity index (χ2v) is 4.59. The third kappa shape index (κ3) is 4.19. The van der Waals surface area contributed by atoms with Crippen LogP contribution in [0.1, 0.15) is 18.9 Å². The SMILES string of the molecule is CCc1ccc(OCCCOc2ccccc2N)cc1. The van der Waals surface area contributed by atoms with Gasteiger partial charge in [-0.3, -0.25) is 0 Å². The van der Waals surface area contributed by atoms with Crippen molar-refractivity contribution in [3.63, 3.8) is 0 Å². The van der Waals surface area contributed by atoms with E-state index in [2.05, 4.69) is 19.1 Å². The summed E-state index contributed by atoms with van der Waals surface area (Å²) in [5.41, 5.74) is 7.79. The highest BCUT2D eigenvalue weighted by Crippen LogP contribution is 2.19. The first-order valence-corrected chi connectivity index (χ1v) is 6.98. The minimum absolute atomic E-state index is 0.598. The van der Waals surface area contributed by atoms with E-state index in [0.717, 1.165) is 24.3 Å². The zero-order valence-corrected chi connectivity index (χ0v) is 11.8. The molecule has 0 aromatic heterocycles. The maximum atomic E-state index is 5.80. The maximum Gasteiger partial charge on any atom is 0.142 e. The van der Waals surface area contributed by atoms with Gasteiger partial charge < -0.3 is 15.2 Å². The lowest BCUT2D eigenvalue weighted by Crippen LogP contribution is -2.06. The fraction of sp³-hybridized carbons (Fsp3) is 0.294. The van der Waals surface area contributed by atoms with Crippen LogP contribution in [0.25, 0.3) is 0 Å². The molecule has 0 spiro atoms. The van der Waals surface area contributed by atoms with Crippen LogP contribution in [0.4, 0.5) is 5.69 Å². The van der Waals surface area contributed by atoms with E-state index >= 15 is 0 Å². The van der Waals surface area contributed by atoms with E-state index in [-0.39, 0.29) is 0 Å². The first-order chi connectivity index (χ1) is 9.79. The predicted octanol–water partition coefficient (Wildman–Crippen LogP) is 3.68. The van der Waals surface area contributed by atoms with Crippen LogP contribution in [-0.4, -0.2) is 13.2 Å². The van der Waals surface area contributed by atoms with E-state index in [0.29, 0.717) is 18.9 Å². The van der Waals surface area contributed by atoms with Crippen LogP contribution in [0.2, 0.25) is 0 Å². The molecular weight excluding hydrogens is 250 g/mol. The molecule has 0 saturated carbocycles. The highest BCUT2D eigenvalue weighted by Gasteiger charge is 1.99. The summed E-state index contributed by atoms with van der Waals surface area (Å²) in [5.74, 6) is 1.64. The van der Waals surface area contributed by atoms with Gasteiger partial charge in [-0.15, -0.1) is 0 Å². The third-order valence-electron chi connectivity index (χ3n) is 3.07. The number of rotatable bonds is 7. The second-order valence-electron chi connectivity index (χ2n) is 4.59. The molecule has 2 rings (SSSR count). The van der Waals surface area contributed by atoms with Crippen molar-refractivity contribution < 1.29 is 9.47 Å². The van der Waals surface area contributed by atoms with Gasteiger partial charge in [0.25, 0.3) is 0 Å². The fourth-order valence-electron chi connectivity index (χ4n) is 1.86. The Hall–Kier alpha value is -2.16. The van der Waals surface area contributed by atoms with Crippen molar-refractivity contribution in [1.82, 2.24) is 0 Å². The van der Waals surface area contributed by atoms with Crippen LogP contribution >= 0.6 is 0 Å². The number of aryl methyl sites for hydroxylation is 1. The largest absolute Gasteiger partial charge is 0.493 e. The number of nitrogens with two attached hydrogens (primary N) is 1. The molecule has 0 amide bonds. The van der Waals surface area contributed by atoms with Crippen molar-refractivity contribution in [1.29, 1.82) is 0 Å². The minimum Gasteiger partial charge on any atom is -0.493 e. The number of benzene rings is 2. The van der Waals surface area contributed by atoms with Gasteiger partial charge in [-0.2, -0.15) is 0 Å². The lowest BCUT2D eigenvalue weighted by molar-refractivity contribution is 0.248. The summed E-state index contributed by atoms with van der Waals surface area (Å²) in [6, 6.07) is 15.7. The van der Waals surface area contributed by atoms with E-state index in [9.17, 15) is 0 Å². The number of nitrogen functional groups attached to an aromatic ring is 1. The molecule has 0 fully saturated rings. The molecule has 0 aliphatic rings. The van der Waals surface area contributed by atoms with Crippen LogP contribution < -0.4 is 15.2 Å². The average molecular weight is 271 g/mol. The van der Waals surface area contributed by atoms with Crippen LogP contribution in [0.15, 0.2) is 48.5 Å². The summed E-state index contributed by atoms with van der Waals surface area (Å²) in [6.45, 7) is 3.38. The third-order valence-corrected chi connectivity index (χ3v) is 3.07. The van der Waals surface area contributed by atoms with E-state index in [1.807, 2.05) is 36.4 Å². The zero-order chi connectivity index (χ0) is 14.2. The van der Waals surface area contributed by atoms with Crippen LogP contribution in [-0.2, 0) is 6.42 Å². The summed E-state index contributed by atoms with van der Waals surface area (Å²) >= 11 is 0. The molecule has 2 N–H and O–H groups in total. The Morgan fingerprint density at radius 3 is 2.30 bits per heavy atom. The number of hydrogen-bond acceptors (Lipinski definition) is 3. The maximum absolute atomic E-state index is 5.80.